The number of anilines is 1. The first-order chi connectivity index (χ1) is 9.56. The summed E-state index contributed by atoms with van der Waals surface area (Å²) in [7, 11) is -3.11. The van der Waals surface area contributed by atoms with Crippen LogP contribution < -0.4 is 5.32 Å². The maximum atomic E-state index is 12.1. The van der Waals surface area contributed by atoms with E-state index < -0.39 is 9.84 Å². The maximum absolute atomic E-state index is 12.1. The summed E-state index contributed by atoms with van der Waals surface area (Å²) in [6.07, 6.45) is 0.604. The Hall–Kier alpha value is -1.81. The molecule has 0 radical (unpaired) electrons. The fourth-order valence-corrected chi connectivity index (χ4v) is 4.21. The summed E-state index contributed by atoms with van der Waals surface area (Å²) in [5.74, 6) is 0.202. The molecule has 0 bridgehead atoms. The van der Waals surface area contributed by atoms with Gasteiger partial charge < -0.3 is 5.32 Å². The first-order valence-corrected chi connectivity index (χ1v) is 8.36. The van der Waals surface area contributed by atoms with Crippen LogP contribution in [0.25, 0.3) is 0 Å². The Labute approximate surface area is 119 Å². The summed E-state index contributed by atoms with van der Waals surface area (Å²) >= 11 is 0. The van der Waals surface area contributed by atoms with Gasteiger partial charge in [0.1, 0.15) is 0 Å². The van der Waals surface area contributed by atoms with Crippen molar-refractivity contribution in [3.05, 3.63) is 59.7 Å². The summed E-state index contributed by atoms with van der Waals surface area (Å²) in [5, 5.41) is 3.44. The minimum absolute atomic E-state index is 0.0532. The smallest absolute Gasteiger partial charge is 0.178 e. The predicted molar refractivity (Wildman–Crippen MR) is 80.7 cm³/mol. The summed E-state index contributed by atoms with van der Waals surface area (Å²) in [4.78, 5) is 0.468. The highest BCUT2D eigenvalue weighted by molar-refractivity contribution is 7.91. The highest BCUT2D eigenvalue weighted by Crippen LogP contribution is 2.34. The van der Waals surface area contributed by atoms with Gasteiger partial charge in [-0.15, -0.1) is 0 Å². The van der Waals surface area contributed by atoms with E-state index in [1.807, 2.05) is 43.3 Å². The predicted octanol–water partition coefficient (Wildman–Crippen LogP) is 3.33. The van der Waals surface area contributed by atoms with Gasteiger partial charge in [-0.3, -0.25) is 0 Å². The first kappa shape index (κ1) is 13.2. The molecule has 4 heteroatoms. The lowest BCUT2D eigenvalue weighted by Gasteiger charge is -2.27. The van der Waals surface area contributed by atoms with Crippen molar-refractivity contribution in [1.82, 2.24) is 0 Å². The molecule has 1 aliphatic heterocycles. The summed E-state index contributed by atoms with van der Waals surface area (Å²) in [5.41, 5.74) is 3.11. The monoisotopic (exact) mass is 287 g/mol. The Morgan fingerprint density at radius 3 is 2.50 bits per heavy atom. The number of rotatable bonds is 2. The molecule has 0 amide bonds. The van der Waals surface area contributed by atoms with E-state index in [-0.39, 0.29) is 11.8 Å². The van der Waals surface area contributed by atoms with E-state index in [0.717, 1.165) is 11.3 Å². The lowest BCUT2D eigenvalue weighted by molar-refractivity contribution is 0.576. The molecule has 3 rings (SSSR count). The van der Waals surface area contributed by atoms with Crippen LogP contribution in [0.2, 0.25) is 0 Å². The molecule has 2 aromatic carbocycles. The zero-order chi connectivity index (χ0) is 14.2. The molecule has 1 atom stereocenters. The van der Waals surface area contributed by atoms with Crippen molar-refractivity contribution in [2.45, 2.75) is 24.3 Å². The van der Waals surface area contributed by atoms with E-state index in [9.17, 15) is 8.42 Å². The average molecular weight is 287 g/mol. The van der Waals surface area contributed by atoms with Gasteiger partial charge >= 0.3 is 0 Å². The highest BCUT2D eigenvalue weighted by atomic mass is 32.2. The molecule has 0 spiro atoms. The number of aryl methyl sites for hydroxylation is 1. The van der Waals surface area contributed by atoms with Crippen LogP contribution in [-0.4, -0.2) is 14.2 Å². The molecule has 0 saturated carbocycles. The second kappa shape index (κ2) is 4.94. The molecule has 1 N–H and O–H groups in total. The number of hydrogen-bond donors (Lipinski definition) is 1. The van der Waals surface area contributed by atoms with E-state index in [4.69, 9.17) is 0 Å². The molecule has 3 nitrogen and oxygen atoms in total. The third-order valence-electron chi connectivity index (χ3n) is 3.70. The van der Waals surface area contributed by atoms with Crippen LogP contribution >= 0.6 is 0 Å². The molecule has 1 unspecified atom stereocenters. The molecule has 0 saturated heterocycles. The van der Waals surface area contributed by atoms with Crippen LogP contribution in [0.1, 0.15) is 23.6 Å². The second-order valence-corrected chi connectivity index (χ2v) is 7.29. The van der Waals surface area contributed by atoms with E-state index >= 15 is 0 Å². The zero-order valence-electron chi connectivity index (χ0n) is 11.3. The largest absolute Gasteiger partial charge is 0.378 e. The molecule has 0 fully saturated rings. The van der Waals surface area contributed by atoms with Gasteiger partial charge in [-0.05, 0) is 37.1 Å². The molecule has 0 aromatic heterocycles. The lowest BCUT2D eigenvalue weighted by atomic mass is 10.0. The van der Waals surface area contributed by atoms with Crippen molar-refractivity contribution in [1.29, 1.82) is 0 Å². The Kier molecular flexibility index (Phi) is 3.26. The number of nitrogens with one attached hydrogen (secondary N) is 1. The second-order valence-electron chi connectivity index (χ2n) is 5.21. The van der Waals surface area contributed by atoms with Crippen LogP contribution in [0.5, 0.6) is 0 Å². The Morgan fingerprint density at radius 2 is 1.75 bits per heavy atom. The Morgan fingerprint density at radius 1 is 1.05 bits per heavy atom. The third kappa shape index (κ3) is 2.43. The number of benzene rings is 2. The van der Waals surface area contributed by atoms with Gasteiger partial charge in [0.15, 0.2) is 9.84 Å². The summed E-state index contributed by atoms with van der Waals surface area (Å²) in [6, 6.07) is 15.5. The number of fused-ring (bicyclic) bond motifs is 1. The van der Waals surface area contributed by atoms with Crippen molar-refractivity contribution < 1.29 is 8.42 Å². The SMILES string of the molecule is Cc1ccc(NC2CCS(=O)(=O)c3ccccc32)cc1. The van der Waals surface area contributed by atoms with Gasteiger partial charge in [0.2, 0.25) is 0 Å². The van der Waals surface area contributed by atoms with E-state index in [1.54, 1.807) is 12.1 Å². The summed E-state index contributed by atoms with van der Waals surface area (Å²) < 4.78 is 24.2. The molecule has 0 aliphatic carbocycles. The van der Waals surface area contributed by atoms with Gasteiger partial charge in [-0.2, -0.15) is 0 Å². The van der Waals surface area contributed by atoms with E-state index in [2.05, 4.69) is 5.32 Å². The molecule has 20 heavy (non-hydrogen) atoms. The fraction of sp³-hybridized carbons (Fsp3) is 0.250. The normalized spacial score (nSPS) is 20.1. The van der Waals surface area contributed by atoms with Crippen LogP contribution in [-0.2, 0) is 9.84 Å². The quantitative estimate of drug-likeness (QED) is 0.921. The minimum Gasteiger partial charge on any atom is -0.378 e. The van der Waals surface area contributed by atoms with Gasteiger partial charge in [0, 0.05) is 5.69 Å². The van der Waals surface area contributed by atoms with E-state index in [0.29, 0.717) is 11.3 Å². The third-order valence-corrected chi connectivity index (χ3v) is 5.51. The zero-order valence-corrected chi connectivity index (χ0v) is 12.2. The Bertz CT molecular complexity index is 720. The molecule has 1 heterocycles. The van der Waals surface area contributed by atoms with Gasteiger partial charge in [-0.1, -0.05) is 35.9 Å². The van der Waals surface area contributed by atoms with Gasteiger partial charge in [-0.25, -0.2) is 8.42 Å². The van der Waals surface area contributed by atoms with Crippen LogP contribution in [0.15, 0.2) is 53.4 Å². The topological polar surface area (TPSA) is 46.2 Å². The van der Waals surface area contributed by atoms with Crippen molar-refractivity contribution >= 4 is 15.5 Å². The van der Waals surface area contributed by atoms with Crippen molar-refractivity contribution in [2.75, 3.05) is 11.1 Å². The van der Waals surface area contributed by atoms with Crippen molar-refractivity contribution in [3.63, 3.8) is 0 Å². The van der Waals surface area contributed by atoms with Crippen molar-refractivity contribution in [3.8, 4) is 0 Å². The minimum atomic E-state index is -3.11. The number of sulfone groups is 1. The fourth-order valence-electron chi connectivity index (χ4n) is 2.59. The van der Waals surface area contributed by atoms with Crippen LogP contribution in [0.4, 0.5) is 5.69 Å². The van der Waals surface area contributed by atoms with Crippen LogP contribution in [0, 0.1) is 6.92 Å². The van der Waals surface area contributed by atoms with Gasteiger partial charge in [0.05, 0.1) is 16.7 Å². The average Bonchev–Trinajstić information content (AvgIpc) is 2.45. The number of hydrogen-bond acceptors (Lipinski definition) is 3. The molecular weight excluding hydrogens is 270 g/mol. The highest BCUT2D eigenvalue weighted by Gasteiger charge is 2.29. The lowest BCUT2D eigenvalue weighted by Crippen LogP contribution is -2.24. The van der Waals surface area contributed by atoms with Crippen molar-refractivity contribution in [2.24, 2.45) is 0 Å². The Balaban J connectivity index is 1.94. The van der Waals surface area contributed by atoms with Crippen LogP contribution in [0.3, 0.4) is 0 Å². The first-order valence-electron chi connectivity index (χ1n) is 6.71. The maximum Gasteiger partial charge on any atom is 0.178 e. The molecule has 104 valence electrons. The molecular formula is C16H17NO2S. The standard InChI is InChI=1S/C16H17NO2S/c1-12-6-8-13(9-7-12)17-15-10-11-20(18,19)16-5-3-2-4-14(15)16/h2-9,15,17H,10-11H2,1H3. The molecule has 1 aliphatic rings. The van der Waals surface area contributed by atoms with E-state index in [1.165, 1.54) is 5.56 Å². The molecule has 2 aromatic rings. The van der Waals surface area contributed by atoms with Gasteiger partial charge in [0.25, 0.3) is 0 Å². The summed E-state index contributed by atoms with van der Waals surface area (Å²) in [6.45, 7) is 2.05.